The molecule has 2 aromatic rings. The van der Waals surface area contributed by atoms with Crippen LogP contribution in [0.4, 0.5) is 11.8 Å². The largest absolute Gasteiger partial charge is 0.354 e. The van der Waals surface area contributed by atoms with Crippen molar-refractivity contribution >= 4 is 21.8 Å². The van der Waals surface area contributed by atoms with E-state index in [2.05, 4.69) is 14.8 Å². The van der Waals surface area contributed by atoms with Gasteiger partial charge in [-0.2, -0.15) is 9.29 Å². The van der Waals surface area contributed by atoms with Gasteiger partial charge in [-0.05, 0) is 31.4 Å². The molecule has 0 bridgehead atoms. The summed E-state index contributed by atoms with van der Waals surface area (Å²) in [6, 6.07) is 9.61. The van der Waals surface area contributed by atoms with Crippen LogP contribution in [-0.4, -0.2) is 62.0 Å². The molecule has 1 aromatic carbocycles. The number of piperazine rings is 1. The number of rotatable bonds is 5. The summed E-state index contributed by atoms with van der Waals surface area (Å²) < 4.78 is 27.2. The Bertz CT molecular complexity index is 902. The number of aryl methyl sites for hydroxylation is 1. The van der Waals surface area contributed by atoms with Crippen molar-refractivity contribution in [2.75, 3.05) is 49.1 Å². The summed E-state index contributed by atoms with van der Waals surface area (Å²) in [7, 11) is -3.31. The van der Waals surface area contributed by atoms with Gasteiger partial charge in [-0.1, -0.05) is 29.8 Å². The van der Waals surface area contributed by atoms with Crippen molar-refractivity contribution in [1.29, 1.82) is 0 Å². The van der Waals surface area contributed by atoms with Gasteiger partial charge in [0, 0.05) is 45.5 Å². The summed E-state index contributed by atoms with van der Waals surface area (Å²) in [4.78, 5) is 13.5. The van der Waals surface area contributed by atoms with E-state index in [0.717, 1.165) is 36.0 Å². The second kappa shape index (κ2) is 8.05. The van der Waals surface area contributed by atoms with Crippen LogP contribution in [0.1, 0.15) is 24.0 Å². The average molecular weight is 402 g/mol. The SMILES string of the molecule is Cc1ccc(CS(=O)(=O)N2CCN(c3ccnc(N4CCCC4)n3)CC2)cc1. The van der Waals surface area contributed by atoms with Crippen molar-refractivity contribution in [2.45, 2.75) is 25.5 Å². The van der Waals surface area contributed by atoms with Crippen molar-refractivity contribution < 1.29 is 8.42 Å². The number of sulfonamides is 1. The summed E-state index contributed by atoms with van der Waals surface area (Å²) in [5, 5.41) is 0. The third-order valence-corrected chi connectivity index (χ3v) is 7.29. The van der Waals surface area contributed by atoms with Gasteiger partial charge < -0.3 is 9.80 Å². The Hall–Kier alpha value is -2.19. The van der Waals surface area contributed by atoms with Crippen molar-refractivity contribution in [3.05, 3.63) is 47.7 Å². The fourth-order valence-corrected chi connectivity index (χ4v) is 5.28. The van der Waals surface area contributed by atoms with Crippen LogP contribution in [-0.2, 0) is 15.8 Å². The van der Waals surface area contributed by atoms with E-state index in [1.54, 1.807) is 10.5 Å². The van der Waals surface area contributed by atoms with Gasteiger partial charge in [-0.3, -0.25) is 0 Å². The molecule has 0 atom stereocenters. The minimum atomic E-state index is -3.31. The van der Waals surface area contributed by atoms with E-state index in [4.69, 9.17) is 4.98 Å². The highest BCUT2D eigenvalue weighted by Gasteiger charge is 2.28. The maximum Gasteiger partial charge on any atom is 0.227 e. The third kappa shape index (κ3) is 4.28. The second-order valence-corrected chi connectivity index (χ2v) is 9.51. The third-order valence-electron chi connectivity index (χ3n) is 5.44. The summed E-state index contributed by atoms with van der Waals surface area (Å²) in [5.74, 6) is 1.72. The molecule has 0 spiro atoms. The lowest BCUT2D eigenvalue weighted by molar-refractivity contribution is 0.383. The Labute approximate surface area is 167 Å². The number of hydrogen-bond donors (Lipinski definition) is 0. The highest BCUT2D eigenvalue weighted by Crippen LogP contribution is 2.21. The molecule has 28 heavy (non-hydrogen) atoms. The average Bonchev–Trinajstić information content (AvgIpc) is 3.25. The zero-order valence-corrected chi connectivity index (χ0v) is 17.1. The normalized spacial score (nSPS) is 18.6. The first-order valence-electron chi connectivity index (χ1n) is 9.88. The highest BCUT2D eigenvalue weighted by atomic mass is 32.2. The molecule has 0 aliphatic carbocycles. The van der Waals surface area contributed by atoms with Gasteiger partial charge in [0.05, 0.1) is 5.75 Å². The van der Waals surface area contributed by atoms with E-state index >= 15 is 0 Å². The van der Waals surface area contributed by atoms with E-state index in [1.165, 1.54) is 12.8 Å². The standard InChI is InChI=1S/C20H27N5O2S/c1-17-4-6-18(7-5-17)16-28(26,27)25-14-12-23(13-15-25)19-8-9-21-20(22-19)24-10-2-3-11-24/h4-9H,2-3,10-16H2,1H3. The molecule has 7 nitrogen and oxygen atoms in total. The van der Waals surface area contributed by atoms with Crippen molar-refractivity contribution in [3.63, 3.8) is 0 Å². The summed E-state index contributed by atoms with van der Waals surface area (Å²) >= 11 is 0. The second-order valence-electron chi connectivity index (χ2n) is 7.54. The molecule has 0 unspecified atom stereocenters. The Morgan fingerprint density at radius 1 is 0.893 bits per heavy atom. The molecular formula is C20H27N5O2S. The summed E-state index contributed by atoms with van der Waals surface area (Å²) in [6.07, 6.45) is 4.17. The lowest BCUT2D eigenvalue weighted by Gasteiger charge is -2.35. The lowest BCUT2D eigenvalue weighted by atomic mass is 10.2. The van der Waals surface area contributed by atoms with Crippen LogP contribution >= 0.6 is 0 Å². The molecule has 8 heteroatoms. The highest BCUT2D eigenvalue weighted by molar-refractivity contribution is 7.88. The van der Waals surface area contributed by atoms with E-state index in [-0.39, 0.29) is 5.75 Å². The van der Waals surface area contributed by atoms with Gasteiger partial charge in [0.2, 0.25) is 16.0 Å². The molecule has 3 heterocycles. The van der Waals surface area contributed by atoms with Crippen molar-refractivity contribution in [3.8, 4) is 0 Å². The maximum absolute atomic E-state index is 12.8. The molecule has 150 valence electrons. The number of anilines is 2. The van der Waals surface area contributed by atoms with E-state index in [9.17, 15) is 8.42 Å². The number of nitrogens with zero attached hydrogens (tertiary/aromatic N) is 5. The van der Waals surface area contributed by atoms with Crippen LogP contribution in [0.5, 0.6) is 0 Å². The fourth-order valence-electron chi connectivity index (χ4n) is 3.77. The van der Waals surface area contributed by atoms with Crippen LogP contribution in [0, 0.1) is 6.92 Å². The first-order valence-corrected chi connectivity index (χ1v) is 11.5. The van der Waals surface area contributed by atoms with Crippen molar-refractivity contribution in [2.24, 2.45) is 0 Å². The predicted octanol–water partition coefficient (Wildman–Crippen LogP) is 2.04. The molecule has 2 aliphatic rings. The first-order chi connectivity index (χ1) is 13.5. The van der Waals surface area contributed by atoms with Crippen LogP contribution in [0.15, 0.2) is 36.5 Å². The number of benzene rings is 1. The molecule has 0 amide bonds. The van der Waals surface area contributed by atoms with Crippen LogP contribution in [0.25, 0.3) is 0 Å². The Balaban J connectivity index is 1.39. The van der Waals surface area contributed by atoms with Gasteiger partial charge in [0.25, 0.3) is 0 Å². The topological polar surface area (TPSA) is 69.6 Å². The molecule has 1 aromatic heterocycles. The van der Waals surface area contributed by atoms with Crippen molar-refractivity contribution in [1.82, 2.24) is 14.3 Å². The van der Waals surface area contributed by atoms with Gasteiger partial charge in [0.1, 0.15) is 5.82 Å². The monoisotopic (exact) mass is 401 g/mol. The zero-order valence-electron chi connectivity index (χ0n) is 16.3. The zero-order chi connectivity index (χ0) is 19.6. The Morgan fingerprint density at radius 2 is 1.57 bits per heavy atom. The molecule has 4 rings (SSSR count). The molecule has 2 aliphatic heterocycles. The minimum Gasteiger partial charge on any atom is -0.354 e. The summed E-state index contributed by atoms with van der Waals surface area (Å²) in [5.41, 5.74) is 1.96. The molecule has 0 radical (unpaired) electrons. The molecular weight excluding hydrogens is 374 g/mol. The van der Waals surface area contributed by atoms with E-state index in [0.29, 0.717) is 26.2 Å². The minimum absolute atomic E-state index is 0.0555. The van der Waals surface area contributed by atoms with E-state index in [1.807, 2.05) is 37.3 Å². The quantitative estimate of drug-likeness (QED) is 0.764. The fraction of sp³-hybridized carbons (Fsp3) is 0.500. The Kier molecular flexibility index (Phi) is 5.50. The molecule has 0 saturated carbocycles. The molecule has 2 fully saturated rings. The summed E-state index contributed by atoms with van der Waals surface area (Å²) in [6.45, 7) is 6.27. The van der Waals surface area contributed by atoms with Crippen LogP contribution in [0.3, 0.4) is 0 Å². The van der Waals surface area contributed by atoms with Crippen LogP contribution in [0.2, 0.25) is 0 Å². The van der Waals surface area contributed by atoms with E-state index < -0.39 is 10.0 Å². The first kappa shape index (κ1) is 19.1. The number of aromatic nitrogens is 2. The number of hydrogen-bond acceptors (Lipinski definition) is 6. The molecule has 2 saturated heterocycles. The smallest absolute Gasteiger partial charge is 0.227 e. The predicted molar refractivity (Wildman–Crippen MR) is 111 cm³/mol. The van der Waals surface area contributed by atoms with Gasteiger partial charge in [-0.25, -0.2) is 13.4 Å². The maximum atomic E-state index is 12.8. The molecule has 0 N–H and O–H groups in total. The van der Waals surface area contributed by atoms with Gasteiger partial charge in [-0.15, -0.1) is 0 Å². The van der Waals surface area contributed by atoms with Gasteiger partial charge in [0.15, 0.2) is 0 Å². The lowest BCUT2D eigenvalue weighted by Crippen LogP contribution is -2.49. The van der Waals surface area contributed by atoms with Gasteiger partial charge >= 0.3 is 0 Å². The van der Waals surface area contributed by atoms with Crippen LogP contribution < -0.4 is 9.80 Å². The Morgan fingerprint density at radius 3 is 2.25 bits per heavy atom.